The van der Waals surface area contributed by atoms with Gasteiger partial charge in [0.05, 0.1) is 18.3 Å². The maximum Gasteiger partial charge on any atom is 0.224 e. The Morgan fingerprint density at radius 2 is 2.22 bits per heavy atom. The maximum atomic E-state index is 12.7. The molecule has 1 amide bonds. The van der Waals surface area contributed by atoms with Crippen LogP contribution in [0, 0.1) is 13.8 Å². The van der Waals surface area contributed by atoms with Gasteiger partial charge in [-0.15, -0.1) is 0 Å². The minimum absolute atomic E-state index is 0.231. The summed E-state index contributed by atoms with van der Waals surface area (Å²) in [5.74, 6) is 0.231. The van der Waals surface area contributed by atoms with E-state index in [1.54, 1.807) is 6.20 Å². The first-order valence-corrected chi connectivity index (χ1v) is 8.41. The molecule has 2 aromatic rings. The predicted octanol–water partition coefficient (Wildman–Crippen LogP) is 2.17. The number of hydrogen-bond acceptors (Lipinski definition) is 3. The molecule has 1 aliphatic rings. The average Bonchev–Trinajstić information content (AvgIpc) is 3.15. The van der Waals surface area contributed by atoms with Crippen LogP contribution in [0.4, 0.5) is 0 Å². The highest BCUT2D eigenvalue weighted by molar-refractivity contribution is 5.76. The first-order valence-electron chi connectivity index (χ1n) is 8.41. The number of amides is 1. The molecule has 0 bridgehead atoms. The van der Waals surface area contributed by atoms with Gasteiger partial charge in [0.1, 0.15) is 0 Å². The Morgan fingerprint density at radius 3 is 2.91 bits per heavy atom. The normalized spacial score (nSPS) is 18.3. The second kappa shape index (κ2) is 6.98. The summed E-state index contributed by atoms with van der Waals surface area (Å²) in [5, 5.41) is 8.72. The fraction of sp³-hybridized carbons (Fsp3) is 0.588. The maximum absolute atomic E-state index is 12.7. The molecular weight excluding hydrogens is 290 g/mol. The predicted molar refractivity (Wildman–Crippen MR) is 87.9 cm³/mol. The summed E-state index contributed by atoms with van der Waals surface area (Å²) in [5.41, 5.74) is 2.12. The summed E-state index contributed by atoms with van der Waals surface area (Å²) in [6.45, 7) is 6.33. The monoisotopic (exact) mass is 315 g/mol. The summed E-state index contributed by atoms with van der Waals surface area (Å²) in [7, 11) is 0. The molecule has 1 fully saturated rings. The molecule has 124 valence electrons. The van der Waals surface area contributed by atoms with Crippen LogP contribution in [0.3, 0.4) is 0 Å². The number of likely N-dealkylation sites (tertiary alicyclic amines) is 1. The van der Waals surface area contributed by atoms with Crippen LogP contribution >= 0.6 is 0 Å². The molecular formula is C17H25N5O. The van der Waals surface area contributed by atoms with Crippen LogP contribution < -0.4 is 0 Å². The van der Waals surface area contributed by atoms with Crippen LogP contribution in [0.25, 0.3) is 0 Å². The zero-order valence-corrected chi connectivity index (χ0v) is 14.0. The van der Waals surface area contributed by atoms with E-state index in [2.05, 4.69) is 15.1 Å². The van der Waals surface area contributed by atoms with Crippen LogP contribution in [0.1, 0.15) is 37.1 Å². The van der Waals surface area contributed by atoms with E-state index < -0.39 is 0 Å². The third-order valence-corrected chi connectivity index (χ3v) is 4.55. The minimum Gasteiger partial charge on any atom is -0.338 e. The van der Waals surface area contributed by atoms with E-state index in [-0.39, 0.29) is 11.9 Å². The van der Waals surface area contributed by atoms with E-state index in [0.29, 0.717) is 13.0 Å². The number of hydrogen-bond donors (Lipinski definition) is 0. The summed E-state index contributed by atoms with van der Waals surface area (Å²) < 4.78 is 3.86. The topological polar surface area (TPSA) is 56.0 Å². The fourth-order valence-corrected chi connectivity index (χ4v) is 3.39. The van der Waals surface area contributed by atoms with Gasteiger partial charge in [-0.3, -0.25) is 14.2 Å². The highest BCUT2D eigenvalue weighted by Crippen LogP contribution is 2.19. The standard InChI is InChI=1S/C17H25N5O/c1-14-12-15(2)22(19-14)11-7-17(23)21-10-4-3-6-16(21)13-20-9-5-8-18-20/h5,8-9,12,16H,3-4,6-7,10-11,13H2,1-2H3/t16-/m1/s1. The van der Waals surface area contributed by atoms with Gasteiger partial charge in [0.15, 0.2) is 0 Å². The molecule has 23 heavy (non-hydrogen) atoms. The van der Waals surface area contributed by atoms with Crippen molar-refractivity contribution in [1.29, 1.82) is 0 Å². The largest absolute Gasteiger partial charge is 0.338 e. The highest BCUT2D eigenvalue weighted by Gasteiger charge is 2.26. The lowest BCUT2D eigenvalue weighted by atomic mass is 10.0. The lowest BCUT2D eigenvalue weighted by molar-refractivity contribution is -0.135. The molecule has 1 saturated heterocycles. The van der Waals surface area contributed by atoms with Crippen molar-refractivity contribution in [3.05, 3.63) is 35.9 Å². The van der Waals surface area contributed by atoms with Gasteiger partial charge >= 0.3 is 0 Å². The molecule has 3 rings (SSSR count). The Kier molecular flexibility index (Phi) is 4.79. The van der Waals surface area contributed by atoms with Crippen molar-refractivity contribution in [3.63, 3.8) is 0 Å². The molecule has 0 aliphatic carbocycles. The zero-order chi connectivity index (χ0) is 16.2. The van der Waals surface area contributed by atoms with Crippen LogP contribution in [0.2, 0.25) is 0 Å². The molecule has 0 radical (unpaired) electrons. The first-order chi connectivity index (χ1) is 11.1. The van der Waals surface area contributed by atoms with Crippen molar-refractivity contribution >= 4 is 5.91 Å². The number of rotatable bonds is 5. The van der Waals surface area contributed by atoms with Crippen molar-refractivity contribution in [3.8, 4) is 0 Å². The fourth-order valence-electron chi connectivity index (χ4n) is 3.39. The molecule has 0 aromatic carbocycles. The summed E-state index contributed by atoms with van der Waals surface area (Å²) in [4.78, 5) is 14.7. The van der Waals surface area contributed by atoms with Gasteiger partial charge in [-0.05, 0) is 45.2 Å². The quantitative estimate of drug-likeness (QED) is 0.849. The molecule has 0 spiro atoms. The van der Waals surface area contributed by atoms with E-state index in [9.17, 15) is 4.79 Å². The lowest BCUT2D eigenvalue weighted by Gasteiger charge is -2.36. The number of nitrogens with zero attached hydrogens (tertiary/aromatic N) is 5. The number of carbonyl (C=O) groups excluding carboxylic acids is 1. The molecule has 6 nitrogen and oxygen atoms in total. The Bertz CT molecular complexity index is 646. The van der Waals surface area contributed by atoms with Crippen molar-refractivity contribution in [2.75, 3.05) is 6.54 Å². The molecule has 1 atom stereocenters. The summed E-state index contributed by atoms with van der Waals surface area (Å²) in [6, 6.07) is 4.24. The third-order valence-electron chi connectivity index (χ3n) is 4.55. The Labute approximate surface area is 137 Å². The lowest BCUT2D eigenvalue weighted by Crippen LogP contribution is -2.46. The Morgan fingerprint density at radius 1 is 1.35 bits per heavy atom. The number of aromatic nitrogens is 4. The molecule has 1 aliphatic heterocycles. The van der Waals surface area contributed by atoms with Gasteiger partial charge in [-0.2, -0.15) is 10.2 Å². The highest BCUT2D eigenvalue weighted by atomic mass is 16.2. The van der Waals surface area contributed by atoms with Gasteiger partial charge in [-0.25, -0.2) is 0 Å². The average molecular weight is 315 g/mol. The summed E-state index contributed by atoms with van der Waals surface area (Å²) in [6.07, 6.45) is 7.61. The van der Waals surface area contributed by atoms with Gasteiger partial charge in [-0.1, -0.05) is 0 Å². The number of aryl methyl sites for hydroxylation is 3. The van der Waals surface area contributed by atoms with E-state index in [0.717, 1.165) is 37.3 Å². The van der Waals surface area contributed by atoms with Crippen molar-refractivity contribution < 1.29 is 4.79 Å². The summed E-state index contributed by atoms with van der Waals surface area (Å²) >= 11 is 0. The Balaban J connectivity index is 1.60. The molecule has 0 saturated carbocycles. The van der Waals surface area contributed by atoms with Crippen molar-refractivity contribution in [2.45, 2.75) is 58.7 Å². The smallest absolute Gasteiger partial charge is 0.224 e. The van der Waals surface area contributed by atoms with E-state index in [1.807, 2.05) is 41.5 Å². The van der Waals surface area contributed by atoms with Gasteiger partial charge < -0.3 is 4.90 Å². The Hall–Kier alpha value is -2.11. The first kappa shape index (κ1) is 15.8. The minimum atomic E-state index is 0.231. The zero-order valence-electron chi connectivity index (χ0n) is 14.0. The molecule has 0 unspecified atom stereocenters. The second-order valence-electron chi connectivity index (χ2n) is 6.37. The van der Waals surface area contributed by atoms with E-state index >= 15 is 0 Å². The van der Waals surface area contributed by atoms with Gasteiger partial charge in [0.2, 0.25) is 5.91 Å². The van der Waals surface area contributed by atoms with Crippen LogP contribution in [0.15, 0.2) is 24.5 Å². The van der Waals surface area contributed by atoms with Crippen LogP contribution in [-0.4, -0.2) is 43.0 Å². The van der Waals surface area contributed by atoms with Gasteiger partial charge in [0.25, 0.3) is 0 Å². The van der Waals surface area contributed by atoms with E-state index in [1.165, 1.54) is 6.42 Å². The SMILES string of the molecule is Cc1cc(C)n(CCC(=O)N2CCCC[C@@H]2Cn2cccn2)n1. The number of carbonyl (C=O) groups is 1. The molecule has 3 heterocycles. The molecule has 6 heteroatoms. The molecule has 0 N–H and O–H groups in total. The number of piperidine rings is 1. The van der Waals surface area contributed by atoms with Crippen molar-refractivity contribution in [2.24, 2.45) is 0 Å². The van der Waals surface area contributed by atoms with E-state index in [4.69, 9.17) is 0 Å². The van der Waals surface area contributed by atoms with Crippen molar-refractivity contribution in [1.82, 2.24) is 24.5 Å². The second-order valence-corrected chi connectivity index (χ2v) is 6.37. The molecule has 2 aromatic heterocycles. The van der Waals surface area contributed by atoms with Gasteiger partial charge in [0, 0.05) is 37.6 Å². The van der Waals surface area contributed by atoms with Crippen LogP contribution in [-0.2, 0) is 17.9 Å². The van der Waals surface area contributed by atoms with Crippen LogP contribution in [0.5, 0.6) is 0 Å². The third kappa shape index (κ3) is 3.81.